The molecule has 9 heavy (non-hydrogen) atoms. The summed E-state index contributed by atoms with van der Waals surface area (Å²) in [5.74, 6) is -1.18. The van der Waals surface area contributed by atoms with Crippen molar-refractivity contribution in [3.8, 4) is 6.07 Å². The molecule has 0 saturated carbocycles. The molecule has 0 heterocycles. The van der Waals surface area contributed by atoms with Gasteiger partial charge in [0.05, 0.1) is 6.07 Å². The van der Waals surface area contributed by atoms with E-state index in [1.807, 2.05) is 0 Å². The van der Waals surface area contributed by atoms with Gasteiger partial charge in [0.1, 0.15) is 0 Å². The number of carboxylic acids is 1. The molecule has 0 unspecified atom stereocenters. The molecule has 0 saturated heterocycles. The number of rotatable bonds is 2. The molecule has 0 aromatic rings. The molecule has 0 aromatic carbocycles. The maximum absolute atomic E-state index is 10.1. The Labute approximate surface area is 53.9 Å². The van der Waals surface area contributed by atoms with Gasteiger partial charge in [0.2, 0.25) is 0 Å². The van der Waals surface area contributed by atoms with Crippen LogP contribution in [0.3, 0.4) is 0 Å². The predicted octanol–water partition coefficient (Wildman–Crippen LogP) is -0.324. The molecule has 0 aliphatic carbocycles. The number of nitrogens with zero attached hydrogens (tertiary/aromatic N) is 1. The number of hydrogen-bond donors (Lipinski definition) is 0. The van der Waals surface area contributed by atoms with E-state index in [9.17, 15) is 9.90 Å². The Hall–Kier alpha value is -1.04. The van der Waals surface area contributed by atoms with E-state index in [-0.39, 0.29) is 6.42 Å². The fourth-order valence-electron chi connectivity index (χ4n) is 0.270. The Morgan fingerprint density at radius 1 is 1.78 bits per heavy atom. The van der Waals surface area contributed by atoms with Crippen LogP contribution in [0, 0.1) is 16.7 Å². The van der Waals surface area contributed by atoms with Crippen molar-refractivity contribution in [1.29, 1.82) is 5.26 Å². The minimum Gasteiger partial charge on any atom is -0.550 e. The summed E-state index contributed by atoms with van der Waals surface area (Å²) in [6.45, 7) is 2.93. The zero-order valence-electron chi connectivity index (χ0n) is 5.47. The summed E-state index contributed by atoms with van der Waals surface area (Å²) in [4.78, 5) is 10.1. The Kier molecular flexibility index (Phi) is 2.20. The van der Waals surface area contributed by atoms with E-state index in [4.69, 9.17) is 5.26 Å². The van der Waals surface area contributed by atoms with E-state index in [2.05, 4.69) is 0 Å². The van der Waals surface area contributed by atoms with Gasteiger partial charge in [-0.2, -0.15) is 5.26 Å². The minimum atomic E-state index is -1.18. The van der Waals surface area contributed by atoms with Crippen LogP contribution in [-0.4, -0.2) is 5.97 Å². The lowest BCUT2D eigenvalue weighted by Crippen LogP contribution is -2.37. The van der Waals surface area contributed by atoms with Crippen molar-refractivity contribution in [2.45, 2.75) is 20.3 Å². The highest BCUT2D eigenvalue weighted by atomic mass is 16.4. The van der Waals surface area contributed by atoms with Gasteiger partial charge < -0.3 is 9.90 Å². The normalized spacial score (nSPS) is 10.3. The third-order valence-electron chi connectivity index (χ3n) is 1.07. The van der Waals surface area contributed by atoms with Gasteiger partial charge in [0.25, 0.3) is 0 Å². The fraction of sp³-hybridized carbons (Fsp3) is 0.667. The molecule has 3 heteroatoms. The molecule has 0 aromatic heterocycles. The highest BCUT2D eigenvalue weighted by Gasteiger charge is 2.17. The number of carbonyl (C=O) groups is 1. The Balaban J connectivity index is 4.06. The van der Waals surface area contributed by atoms with Crippen molar-refractivity contribution in [3.63, 3.8) is 0 Å². The molecule has 0 radical (unpaired) electrons. The second kappa shape index (κ2) is 2.49. The zero-order chi connectivity index (χ0) is 7.49. The Morgan fingerprint density at radius 3 is 2.33 bits per heavy atom. The molecule has 0 amide bonds. The number of aliphatic carboxylic acids is 1. The second-order valence-electron chi connectivity index (χ2n) is 2.51. The van der Waals surface area contributed by atoms with Gasteiger partial charge in [0, 0.05) is 17.8 Å². The third-order valence-corrected chi connectivity index (χ3v) is 1.07. The zero-order valence-corrected chi connectivity index (χ0v) is 5.47. The number of hydrogen-bond acceptors (Lipinski definition) is 3. The van der Waals surface area contributed by atoms with Crippen molar-refractivity contribution in [1.82, 2.24) is 0 Å². The first-order valence-corrected chi connectivity index (χ1v) is 2.59. The lowest BCUT2D eigenvalue weighted by molar-refractivity contribution is -0.317. The standard InChI is InChI=1S/C6H9NO2/c1-6(2,3-4-7)5(8)9/h3H2,1-2H3,(H,8,9)/p-1. The third kappa shape index (κ3) is 2.13. The van der Waals surface area contributed by atoms with E-state index in [0.29, 0.717) is 0 Å². The predicted molar refractivity (Wildman–Crippen MR) is 29.0 cm³/mol. The van der Waals surface area contributed by atoms with Gasteiger partial charge >= 0.3 is 0 Å². The van der Waals surface area contributed by atoms with Crippen LogP contribution < -0.4 is 5.11 Å². The topological polar surface area (TPSA) is 63.9 Å². The van der Waals surface area contributed by atoms with Crippen LogP contribution >= 0.6 is 0 Å². The van der Waals surface area contributed by atoms with Gasteiger partial charge in [-0.05, 0) is 0 Å². The monoisotopic (exact) mass is 126 g/mol. The lowest BCUT2D eigenvalue weighted by atomic mass is 9.91. The summed E-state index contributed by atoms with van der Waals surface area (Å²) < 4.78 is 0. The first-order valence-electron chi connectivity index (χ1n) is 2.59. The molecule has 50 valence electrons. The molecule has 0 aliphatic rings. The minimum absolute atomic E-state index is 0.00463. The maximum Gasteiger partial charge on any atom is 0.0631 e. The van der Waals surface area contributed by atoms with E-state index >= 15 is 0 Å². The van der Waals surface area contributed by atoms with E-state index in [0.717, 1.165) is 0 Å². The smallest absolute Gasteiger partial charge is 0.0631 e. The van der Waals surface area contributed by atoms with Crippen molar-refractivity contribution >= 4 is 5.97 Å². The molecule has 3 nitrogen and oxygen atoms in total. The quantitative estimate of drug-likeness (QED) is 0.509. The van der Waals surface area contributed by atoms with Crippen LogP contribution in [0.2, 0.25) is 0 Å². The average molecular weight is 126 g/mol. The molecule has 0 rings (SSSR count). The van der Waals surface area contributed by atoms with Crippen molar-refractivity contribution in [2.75, 3.05) is 0 Å². The first-order chi connectivity index (χ1) is 4.00. The van der Waals surface area contributed by atoms with Gasteiger partial charge in [-0.15, -0.1) is 0 Å². The molecular weight excluding hydrogens is 118 g/mol. The molecule has 0 atom stereocenters. The molecule has 0 bridgehead atoms. The second-order valence-corrected chi connectivity index (χ2v) is 2.51. The van der Waals surface area contributed by atoms with Crippen LogP contribution in [0.1, 0.15) is 20.3 Å². The van der Waals surface area contributed by atoms with Crippen LogP contribution in [0.15, 0.2) is 0 Å². The van der Waals surface area contributed by atoms with Crippen molar-refractivity contribution in [2.24, 2.45) is 5.41 Å². The summed E-state index contributed by atoms with van der Waals surface area (Å²) in [5.41, 5.74) is -1.01. The number of carbonyl (C=O) groups excluding carboxylic acids is 1. The first kappa shape index (κ1) is 7.96. The summed E-state index contributed by atoms with van der Waals surface area (Å²) in [6, 6.07) is 1.77. The van der Waals surface area contributed by atoms with Crippen LogP contribution in [-0.2, 0) is 4.79 Å². The van der Waals surface area contributed by atoms with Gasteiger partial charge in [0.15, 0.2) is 0 Å². The lowest BCUT2D eigenvalue weighted by Gasteiger charge is -2.21. The summed E-state index contributed by atoms with van der Waals surface area (Å²) in [6.07, 6.45) is -0.00463. The van der Waals surface area contributed by atoms with Crippen molar-refractivity contribution in [3.05, 3.63) is 0 Å². The highest BCUT2D eigenvalue weighted by molar-refractivity contribution is 5.71. The van der Waals surface area contributed by atoms with Gasteiger partial charge in [-0.1, -0.05) is 13.8 Å². The SMILES string of the molecule is CC(C)(CC#N)C(=O)[O-]. The fourth-order valence-corrected chi connectivity index (χ4v) is 0.270. The molecule has 0 fully saturated rings. The van der Waals surface area contributed by atoms with Gasteiger partial charge in [-0.25, -0.2) is 0 Å². The highest BCUT2D eigenvalue weighted by Crippen LogP contribution is 2.17. The summed E-state index contributed by atoms with van der Waals surface area (Å²) in [7, 11) is 0. The van der Waals surface area contributed by atoms with Crippen molar-refractivity contribution < 1.29 is 9.90 Å². The van der Waals surface area contributed by atoms with Crippen LogP contribution in [0.5, 0.6) is 0 Å². The molecule has 0 N–H and O–H groups in total. The molecule has 0 aliphatic heterocycles. The molecular formula is C6H8NO2-. The Bertz CT molecular complexity index is 155. The van der Waals surface area contributed by atoms with Gasteiger partial charge in [-0.3, -0.25) is 0 Å². The van der Waals surface area contributed by atoms with Crippen LogP contribution in [0.25, 0.3) is 0 Å². The summed E-state index contributed by atoms with van der Waals surface area (Å²) >= 11 is 0. The number of nitriles is 1. The largest absolute Gasteiger partial charge is 0.550 e. The van der Waals surface area contributed by atoms with E-state index in [1.165, 1.54) is 13.8 Å². The molecule has 0 spiro atoms. The number of carboxylic acid groups (broad SMARTS) is 1. The average Bonchev–Trinajstić information content (AvgIpc) is 1.65. The van der Waals surface area contributed by atoms with E-state index in [1.54, 1.807) is 6.07 Å². The Morgan fingerprint density at radius 2 is 2.22 bits per heavy atom. The van der Waals surface area contributed by atoms with E-state index < -0.39 is 11.4 Å². The summed E-state index contributed by atoms with van der Waals surface area (Å²) in [5, 5.41) is 18.3. The maximum atomic E-state index is 10.1. The van der Waals surface area contributed by atoms with Crippen LogP contribution in [0.4, 0.5) is 0 Å².